The second-order valence-electron chi connectivity index (χ2n) is 4.18. The van der Waals surface area contributed by atoms with E-state index in [4.69, 9.17) is 5.11 Å². The van der Waals surface area contributed by atoms with E-state index in [-0.39, 0.29) is 11.3 Å². The zero-order valence-corrected chi connectivity index (χ0v) is 10.3. The molecule has 1 aromatic heterocycles. The largest absolute Gasteiger partial charge is 0.478 e. The summed E-state index contributed by atoms with van der Waals surface area (Å²) < 4.78 is 0. The minimum Gasteiger partial charge on any atom is -0.478 e. The maximum Gasteiger partial charge on any atom is 0.339 e. The highest BCUT2D eigenvalue weighted by Gasteiger charge is 2.18. The van der Waals surface area contributed by atoms with Crippen LogP contribution >= 0.6 is 0 Å². The number of nitro groups is 1. The molecule has 0 saturated heterocycles. The lowest BCUT2D eigenvalue weighted by Gasteiger charge is -2.17. The first kappa shape index (κ1) is 12.7. The van der Waals surface area contributed by atoms with E-state index >= 15 is 0 Å². The van der Waals surface area contributed by atoms with Gasteiger partial charge in [0.1, 0.15) is 5.56 Å². The molecular formula is C12H11N3O4. The van der Waals surface area contributed by atoms with Crippen molar-refractivity contribution in [1.29, 1.82) is 0 Å². The van der Waals surface area contributed by atoms with E-state index in [1.54, 1.807) is 19.0 Å². The van der Waals surface area contributed by atoms with Gasteiger partial charge >= 0.3 is 5.97 Å². The highest BCUT2D eigenvalue weighted by molar-refractivity contribution is 6.04. The molecule has 0 fully saturated rings. The zero-order chi connectivity index (χ0) is 14.2. The Bertz CT molecular complexity index is 677. The summed E-state index contributed by atoms with van der Waals surface area (Å²) in [5.74, 6) is -1.12. The van der Waals surface area contributed by atoms with Crippen molar-refractivity contribution in [2.24, 2.45) is 0 Å². The second-order valence-corrected chi connectivity index (χ2v) is 4.18. The molecule has 19 heavy (non-hydrogen) atoms. The summed E-state index contributed by atoms with van der Waals surface area (Å²) in [4.78, 5) is 27.1. The average molecular weight is 261 g/mol. The quantitative estimate of drug-likeness (QED) is 0.669. The van der Waals surface area contributed by atoms with E-state index in [0.29, 0.717) is 16.6 Å². The zero-order valence-electron chi connectivity index (χ0n) is 10.3. The monoisotopic (exact) mass is 261 g/mol. The number of anilines is 1. The van der Waals surface area contributed by atoms with Gasteiger partial charge in [0, 0.05) is 37.8 Å². The molecule has 0 unspecified atom stereocenters. The maximum atomic E-state index is 11.2. The standard InChI is InChI=1S/C12H11N3O4/c1-14(2)11-8-5-7(15(18)19)3-4-10(8)13-6-9(11)12(16)17/h3-6H,1-2H3,(H,16,17). The van der Waals surface area contributed by atoms with Crippen LogP contribution < -0.4 is 4.90 Å². The fourth-order valence-corrected chi connectivity index (χ4v) is 1.92. The smallest absolute Gasteiger partial charge is 0.339 e. The van der Waals surface area contributed by atoms with Crippen molar-refractivity contribution in [1.82, 2.24) is 4.98 Å². The predicted molar refractivity (Wildman–Crippen MR) is 69.7 cm³/mol. The van der Waals surface area contributed by atoms with Crippen LogP contribution in [-0.2, 0) is 0 Å². The minimum atomic E-state index is -1.12. The number of fused-ring (bicyclic) bond motifs is 1. The summed E-state index contributed by atoms with van der Waals surface area (Å²) in [5.41, 5.74) is 0.832. The summed E-state index contributed by atoms with van der Waals surface area (Å²) in [6.45, 7) is 0. The van der Waals surface area contributed by atoms with Gasteiger partial charge in [0.05, 0.1) is 16.1 Å². The molecule has 7 heteroatoms. The Labute approximate surface area is 108 Å². The molecule has 2 rings (SSSR count). The van der Waals surface area contributed by atoms with Crippen molar-refractivity contribution >= 4 is 28.2 Å². The van der Waals surface area contributed by atoms with Crippen LogP contribution in [0.15, 0.2) is 24.4 Å². The molecule has 0 aliphatic carbocycles. The Morgan fingerprint density at radius 2 is 2.11 bits per heavy atom. The van der Waals surface area contributed by atoms with Gasteiger partial charge in [-0.05, 0) is 6.07 Å². The number of aromatic carboxylic acids is 1. The van der Waals surface area contributed by atoms with E-state index < -0.39 is 10.9 Å². The molecule has 0 radical (unpaired) electrons. The normalized spacial score (nSPS) is 10.4. The van der Waals surface area contributed by atoms with Gasteiger partial charge < -0.3 is 10.0 Å². The maximum absolute atomic E-state index is 11.2. The third-order valence-corrected chi connectivity index (χ3v) is 2.71. The van der Waals surface area contributed by atoms with Crippen LogP contribution in [0.5, 0.6) is 0 Å². The van der Waals surface area contributed by atoms with Crippen LogP contribution in [0.4, 0.5) is 11.4 Å². The molecule has 0 saturated carbocycles. The van der Waals surface area contributed by atoms with Crippen molar-refractivity contribution in [2.45, 2.75) is 0 Å². The predicted octanol–water partition coefficient (Wildman–Crippen LogP) is 1.91. The summed E-state index contributed by atoms with van der Waals surface area (Å²) in [6.07, 6.45) is 1.26. The Balaban J connectivity index is 2.85. The fraction of sp³-hybridized carbons (Fsp3) is 0.167. The van der Waals surface area contributed by atoms with Gasteiger partial charge in [0.15, 0.2) is 0 Å². The third kappa shape index (κ3) is 2.17. The number of benzene rings is 1. The van der Waals surface area contributed by atoms with E-state index in [0.717, 1.165) is 0 Å². The molecule has 0 atom stereocenters. The molecule has 0 aliphatic rings. The van der Waals surface area contributed by atoms with Crippen LogP contribution in [0.25, 0.3) is 10.9 Å². The Kier molecular flexibility index (Phi) is 3.04. The van der Waals surface area contributed by atoms with Gasteiger partial charge in [0.25, 0.3) is 5.69 Å². The van der Waals surface area contributed by atoms with Gasteiger partial charge in [-0.1, -0.05) is 0 Å². The van der Waals surface area contributed by atoms with Crippen molar-refractivity contribution < 1.29 is 14.8 Å². The first-order valence-electron chi connectivity index (χ1n) is 5.39. The van der Waals surface area contributed by atoms with Crippen molar-refractivity contribution in [3.8, 4) is 0 Å². The molecular weight excluding hydrogens is 250 g/mol. The number of pyridine rings is 1. The highest BCUT2D eigenvalue weighted by Crippen LogP contribution is 2.30. The number of hydrogen-bond donors (Lipinski definition) is 1. The summed E-state index contributed by atoms with van der Waals surface area (Å²) in [7, 11) is 3.36. The molecule has 0 spiro atoms. The van der Waals surface area contributed by atoms with Gasteiger partial charge in [0.2, 0.25) is 0 Å². The fourth-order valence-electron chi connectivity index (χ4n) is 1.92. The molecule has 0 bridgehead atoms. The van der Waals surface area contributed by atoms with Crippen molar-refractivity contribution in [2.75, 3.05) is 19.0 Å². The molecule has 0 aliphatic heterocycles. The number of non-ortho nitro benzene ring substituents is 1. The van der Waals surface area contributed by atoms with Gasteiger partial charge in [-0.15, -0.1) is 0 Å². The molecule has 7 nitrogen and oxygen atoms in total. The third-order valence-electron chi connectivity index (χ3n) is 2.71. The number of rotatable bonds is 3. The van der Waals surface area contributed by atoms with Crippen LogP contribution in [-0.4, -0.2) is 35.1 Å². The van der Waals surface area contributed by atoms with E-state index in [1.807, 2.05) is 0 Å². The number of carbonyl (C=O) groups is 1. The average Bonchev–Trinajstić information content (AvgIpc) is 2.35. The summed E-state index contributed by atoms with van der Waals surface area (Å²) >= 11 is 0. The van der Waals surface area contributed by atoms with Gasteiger partial charge in [-0.25, -0.2) is 4.79 Å². The van der Waals surface area contributed by atoms with E-state index in [9.17, 15) is 14.9 Å². The van der Waals surface area contributed by atoms with Crippen molar-refractivity contribution in [3.05, 3.63) is 40.1 Å². The highest BCUT2D eigenvalue weighted by atomic mass is 16.6. The van der Waals surface area contributed by atoms with E-state index in [1.165, 1.54) is 24.4 Å². The number of hydrogen-bond acceptors (Lipinski definition) is 5. The molecule has 1 N–H and O–H groups in total. The Hall–Kier alpha value is -2.70. The van der Waals surface area contributed by atoms with Crippen LogP contribution in [0.3, 0.4) is 0 Å². The van der Waals surface area contributed by atoms with Gasteiger partial charge in [-0.2, -0.15) is 0 Å². The number of aromatic nitrogens is 1. The topological polar surface area (TPSA) is 96.6 Å². The first-order valence-corrected chi connectivity index (χ1v) is 5.39. The number of nitrogens with zero attached hydrogens (tertiary/aromatic N) is 3. The number of carboxylic acid groups (broad SMARTS) is 1. The molecule has 2 aromatic rings. The molecule has 0 amide bonds. The lowest BCUT2D eigenvalue weighted by atomic mass is 10.1. The molecule has 98 valence electrons. The number of carboxylic acids is 1. The summed E-state index contributed by atoms with van der Waals surface area (Å²) in [6, 6.07) is 4.19. The van der Waals surface area contributed by atoms with Gasteiger partial charge in [-0.3, -0.25) is 15.1 Å². The van der Waals surface area contributed by atoms with Crippen LogP contribution in [0, 0.1) is 10.1 Å². The van der Waals surface area contributed by atoms with Crippen LogP contribution in [0.2, 0.25) is 0 Å². The van der Waals surface area contributed by atoms with Crippen LogP contribution in [0.1, 0.15) is 10.4 Å². The Morgan fingerprint density at radius 1 is 1.42 bits per heavy atom. The Morgan fingerprint density at radius 3 is 2.63 bits per heavy atom. The van der Waals surface area contributed by atoms with E-state index in [2.05, 4.69) is 4.98 Å². The first-order chi connectivity index (χ1) is 8.91. The number of nitro benzene ring substituents is 1. The lowest BCUT2D eigenvalue weighted by Crippen LogP contribution is -2.15. The SMILES string of the molecule is CN(C)c1c(C(=O)O)cnc2ccc([N+](=O)[O-])cc12. The summed E-state index contributed by atoms with van der Waals surface area (Å²) in [5, 5.41) is 20.4. The molecule has 1 aromatic carbocycles. The molecule has 1 heterocycles. The lowest BCUT2D eigenvalue weighted by molar-refractivity contribution is -0.384. The minimum absolute atomic E-state index is 0.0120. The second kappa shape index (κ2) is 4.52. The van der Waals surface area contributed by atoms with Crippen molar-refractivity contribution in [3.63, 3.8) is 0 Å².